The van der Waals surface area contributed by atoms with Crippen LogP contribution in [-0.4, -0.2) is 29.7 Å². The van der Waals surface area contributed by atoms with Gasteiger partial charge in [0.15, 0.2) is 5.56 Å². The van der Waals surface area contributed by atoms with Gasteiger partial charge < -0.3 is 19.0 Å². The van der Waals surface area contributed by atoms with Crippen LogP contribution in [-0.2, 0) is 18.2 Å². The second kappa shape index (κ2) is 6.47. The van der Waals surface area contributed by atoms with Crippen molar-refractivity contribution in [1.29, 1.82) is 0 Å². The van der Waals surface area contributed by atoms with E-state index in [9.17, 15) is 9.59 Å². The van der Waals surface area contributed by atoms with Crippen LogP contribution in [0.2, 0.25) is 0 Å². The SMILES string of the molecule is CCc1c(-c2ccc3c(ccn3C)c2)[nH]c(=O)c(C(=O)OC)c1OC. The molecule has 0 aliphatic rings. The second-order valence-corrected chi connectivity index (χ2v) is 5.76. The predicted octanol–water partition coefficient (Wildman–Crippen LogP) is 2.89. The lowest BCUT2D eigenvalue weighted by atomic mass is 9.99. The first kappa shape index (κ1) is 16.8. The molecule has 0 atom stereocenters. The van der Waals surface area contributed by atoms with Crippen LogP contribution in [0.3, 0.4) is 0 Å². The molecule has 0 bridgehead atoms. The molecule has 6 nitrogen and oxygen atoms in total. The van der Waals surface area contributed by atoms with Crippen LogP contribution in [0.4, 0.5) is 0 Å². The molecule has 6 heteroatoms. The third-order valence-electron chi connectivity index (χ3n) is 4.39. The molecule has 0 saturated carbocycles. The molecular weight excluding hydrogens is 320 g/mol. The lowest BCUT2D eigenvalue weighted by Gasteiger charge is -2.15. The first-order valence-corrected chi connectivity index (χ1v) is 7.98. The van der Waals surface area contributed by atoms with Crippen LogP contribution in [0.5, 0.6) is 5.75 Å². The highest BCUT2D eigenvalue weighted by molar-refractivity contribution is 5.94. The van der Waals surface area contributed by atoms with Gasteiger partial charge in [0, 0.05) is 29.7 Å². The predicted molar refractivity (Wildman–Crippen MR) is 96.2 cm³/mol. The van der Waals surface area contributed by atoms with Crippen molar-refractivity contribution in [2.45, 2.75) is 13.3 Å². The fourth-order valence-corrected chi connectivity index (χ4v) is 3.15. The number of esters is 1. The Hall–Kier alpha value is -3.02. The van der Waals surface area contributed by atoms with Crippen molar-refractivity contribution in [3.8, 4) is 17.0 Å². The molecule has 3 rings (SSSR count). The topological polar surface area (TPSA) is 73.3 Å². The van der Waals surface area contributed by atoms with Gasteiger partial charge in [0.2, 0.25) is 0 Å². The molecule has 0 aliphatic carbocycles. The van der Waals surface area contributed by atoms with Gasteiger partial charge in [-0.2, -0.15) is 0 Å². The minimum absolute atomic E-state index is 0.105. The Morgan fingerprint density at radius 2 is 2.00 bits per heavy atom. The molecule has 0 radical (unpaired) electrons. The van der Waals surface area contributed by atoms with Crippen LogP contribution in [0.15, 0.2) is 35.3 Å². The van der Waals surface area contributed by atoms with Crippen molar-refractivity contribution in [2.75, 3.05) is 14.2 Å². The third kappa shape index (κ3) is 2.69. The first-order chi connectivity index (χ1) is 12.0. The van der Waals surface area contributed by atoms with E-state index in [2.05, 4.69) is 4.98 Å². The zero-order valence-electron chi connectivity index (χ0n) is 14.7. The van der Waals surface area contributed by atoms with Crippen LogP contribution >= 0.6 is 0 Å². The molecule has 2 heterocycles. The molecule has 0 aliphatic heterocycles. The van der Waals surface area contributed by atoms with Crippen molar-refractivity contribution in [1.82, 2.24) is 9.55 Å². The number of aromatic nitrogens is 2. The molecular formula is C19H20N2O4. The molecule has 1 aromatic carbocycles. The van der Waals surface area contributed by atoms with E-state index in [-0.39, 0.29) is 11.3 Å². The smallest absolute Gasteiger partial charge is 0.347 e. The Bertz CT molecular complexity index is 1010. The fraction of sp³-hybridized carbons (Fsp3) is 0.263. The number of nitrogens with one attached hydrogen (secondary N) is 1. The Morgan fingerprint density at radius 1 is 1.24 bits per heavy atom. The average Bonchev–Trinajstić information content (AvgIpc) is 3.00. The molecule has 130 valence electrons. The van der Waals surface area contributed by atoms with Gasteiger partial charge in [-0.25, -0.2) is 4.79 Å². The number of nitrogens with zero attached hydrogens (tertiary/aromatic N) is 1. The molecule has 0 fully saturated rings. The van der Waals surface area contributed by atoms with Crippen LogP contribution < -0.4 is 10.3 Å². The average molecular weight is 340 g/mol. The van der Waals surface area contributed by atoms with Gasteiger partial charge in [0.05, 0.1) is 19.9 Å². The number of carbonyl (C=O) groups is 1. The first-order valence-electron chi connectivity index (χ1n) is 7.98. The number of hydrogen-bond acceptors (Lipinski definition) is 4. The van der Waals surface area contributed by atoms with Crippen LogP contribution in [0, 0.1) is 0 Å². The minimum atomic E-state index is -0.710. The number of H-pyrrole nitrogens is 1. The third-order valence-corrected chi connectivity index (χ3v) is 4.39. The van der Waals surface area contributed by atoms with Crippen LogP contribution in [0.1, 0.15) is 22.8 Å². The largest absolute Gasteiger partial charge is 0.495 e. The summed E-state index contributed by atoms with van der Waals surface area (Å²) in [5.41, 5.74) is 2.75. The van der Waals surface area contributed by atoms with Gasteiger partial charge in [-0.1, -0.05) is 13.0 Å². The lowest BCUT2D eigenvalue weighted by Crippen LogP contribution is -2.22. The van der Waals surface area contributed by atoms with Gasteiger partial charge in [0.25, 0.3) is 5.56 Å². The summed E-state index contributed by atoms with van der Waals surface area (Å²) in [4.78, 5) is 27.3. The lowest BCUT2D eigenvalue weighted by molar-refractivity contribution is 0.0594. The number of benzene rings is 1. The van der Waals surface area contributed by atoms with Crippen molar-refractivity contribution in [3.05, 3.63) is 51.9 Å². The normalized spacial score (nSPS) is 10.9. The maximum atomic E-state index is 12.5. The Morgan fingerprint density at radius 3 is 2.64 bits per heavy atom. The zero-order chi connectivity index (χ0) is 18.1. The van der Waals surface area contributed by atoms with E-state index < -0.39 is 11.5 Å². The van der Waals surface area contributed by atoms with Gasteiger partial charge in [-0.05, 0) is 30.2 Å². The highest BCUT2D eigenvalue weighted by Crippen LogP contribution is 2.32. The van der Waals surface area contributed by atoms with Crippen molar-refractivity contribution >= 4 is 16.9 Å². The van der Waals surface area contributed by atoms with Gasteiger partial charge in [-0.3, -0.25) is 4.79 Å². The number of pyridine rings is 1. The number of fused-ring (bicyclic) bond motifs is 1. The molecule has 0 saturated heterocycles. The number of rotatable bonds is 4. The van der Waals surface area contributed by atoms with E-state index in [1.165, 1.54) is 14.2 Å². The summed E-state index contributed by atoms with van der Waals surface area (Å²) in [7, 11) is 4.67. The van der Waals surface area contributed by atoms with E-state index in [4.69, 9.17) is 9.47 Å². The molecule has 3 aromatic rings. The zero-order valence-corrected chi connectivity index (χ0v) is 14.7. The van der Waals surface area contributed by atoms with Gasteiger partial charge in [0.1, 0.15) is 5.75 Å². The minimum Gasteiger partial charge on any atom is -0.495 e. The number of methoxy groups -OCH3 is 2. The highest BCUT2D eigenvalue weighted by atomic mass is 16.5. The van der Waals surface area contributed by atoms with Crippen molar-refractivity contribution in [3.63, 3.8) is 0 Å². The van der Waals surface area contributed by atoms with E-state index >= 15 is 0 Å². The van der Waals surface area contributed by atoms with Crippen LogP contribution in [0.25, 0.3) is 22.2 Å². The van der Waals surface area contributed by atoms with Crippen molar-refractivity contribution < 1.29 is 14.3 Å². The van der Waals surface area contributed by atoms with E-state index in [1.807, 2.05) is 49.0 Å². The monoisotopic (exact) mass is 340 g/mol. The number of aryl methyl sites for hydroxylation is 1. The molecule has 25 heavy (non-hydrogen) atoms. The summed E-state index contributed by atoms with van der Waals surface area (Å²) < 4.78 is 12.2. The summed E-state index contributed by atoms with van der Waals surface area (Å²) in [5, 5.41) is 1.07. The summed E-state index contributed by atoms with van der Waals surface area (Å²) in [6.07, 6.45) is 2.57. The molecule has 0 spiro atoms. The summed E-state index contributed by atoms with van der Waals surface area (Å²) in [6, 6.07) is 7.98. The number of aromatic amines is 1. The van der Waals surface area contributed by atoms with Gasteiger partial charge >= 0.3 is 5.97 Å². The van der Waals surface area contributed by atoms with Crippen molar-refractivity contribution in [2.24, 2.45) is 7.05 Å². The maximum Gasteiger partial charge on any atom is 0.347 e. The number of ether oxygens (including phenoxy) is 2. The number of carbonyl (C=O) groups excluding carboxylic acids is 1. The molecule has 0 amide bonds. The molecule has 1 N–H and O–H groups in total. The number of hydrogen-bond donors (Lipinski definition) is 1. The Labute approximate surface area is 145 Å². The summed E-state index contributed by atoms with van der Waals surface area (Å²) in [5.74, 6) is -0.445. The Kier molecular flexibility index (Phi) is 4.35. The Balaban J connectivity index is 2.29. The van der Waals surface area contributed by atoms with E-state index in [0.29, 0.717) is 12.1 Å². The molecule has 0 unspecified atom stereocenters. The maximum absolute atomic E-state index is 12.5. The second-order valence-electron chi connectivity index (χ2n) is 5.76. The fourth-order valence-electron chi connectivity index (χ4n) is 3.15. The van der Waals surface area contributed by atoms with E-state index in [1.54, 1.807) is 0 Å². The summed E-state index contributed by atoms with van der Waals surface area (Å²) in [6.45, 7) is 1.95. The van der Waals surface area contributed by atoms with Gasteiger partial charge in [-0.15, -0.1) is 0 Å². The summed E-state index contributed by atoms with van der Waals surface area (Å²) >= 11 is 0. The van der Waals surface area contributed by atoms with E-state index in [0.717, 1.165) is 22.0 Å². The highest BCUT2D eigenvalue weighted by Gasteiger charge is 2.24. The quantitative estimate of drug-likeness (QED) is 0.741. The molecule has 2 aromatic heterocycles. The standard InChI is InChI=1S/C19H20N2O4/c1-5-13-16(12-6-7-14-11(10-12)8-9-21(14)2)20-18(22)15(17(13)24-3)19(23)25-4/h6-10H,5H2,1-4H3,(H,20,22).